The summed E-state index contributed by atoms with van der Waals surface area (Å²) in [6, 6.07) is 34.1. The minimum atomic E-state index is -0.749. The highest BCUT2D eigenvalue weighted by atomic mass is 19.1. The molecule has 0 saturated heterocycles. The molecule has 2 atom stereocenters. The van der Waals surface area contributed by atoms with Gasteiger partial charge in [0.05, 0.1) is 41.1 Å². The van der Waals surface area contributed by atoms with Crippen molar-refractivity contribution in [2.45, 2.75) is 32.9 Å². The lowest BCUT2D eigenvalue weighted by Gasteiger charge is -2.18. The fourth-order valence-electron chi connectivity index (χ4n) is 5.85. The van der Waals surface area contributed by atoms with Crippen molar-refractivity contribution in [3.8, 4) is 22.5 Å². The molecule has 15 heteroatoms. The van der Waals surface area contributed by atoms with Crippen LogP contribution in [0.4, 0.5) is 26.3 Å². The molecule has 0 radical (unpaired) electrons. The fraction of sp³-hybridized carbons (Fsp3) is 0.137. The highest BCUT2D eigenvalue weighted by Crippen LogP contribution is 2.29. The quantitative estimate of drug-likeness (QED) is 0.0875. The molecule has 340 valence electrons. The maximum Gasteiger partial charge on any atom is 0.233 e. The molecule has 9 nitrogen and oxygen atoms in total. The summed E-state index contributed by atoms with van der Waals surface area (Å²) in [4.78, 5) is 41.6. The number of nitrogens with two attached hydrogens (primary N) is 2. The number of aliphatic imine (C=N–C) groups is 2. The molecule has 7 aromatic rings. The minimum Gasteiger partial charge on any atom is -0.412 e. The van der Waals surface area contributed by atoms with Gasteiger partial charge in [0.1, 0.15) is 34.9 Å². The van der Waals surface area contributed by atoms with Crippen LogP contribution < -0.4 is 11.5 Å². The maximum absolute atomic E-state index is 13.1. The monoisotopic (exact) mass is 904 g/mol. The lowest BCUT2D eigenvalue weighted by atomic mass is 9.98. The summed E-state index contributed by atoms with van der Waals surface area (Å²) in [7, 11) is 0. The van der Waals surface area contributed by atoms with Crippen molar-refractivity contribution in [2.24, 2.45) is 21.5 Å². The summed E-state index contributed by atoms with van der Waals surface area (Å²) in [6.45, 7) is 6.88. The zero-order valence-corrected chi connectivity index (χ0v) is 36.0. The highest BCUT2D eigenvalue weighted by molar-refractivity contribution is 6.53. The van der Waals surface area contributed by atoms with Crippen molar-refractivity contribution in [1.82, 2.24) is 9.97 Å². The smallest absolute Gasteiger partial charge is 0.233 e. The van der Waals surface area contributed by atoms with Crippen molar-refractivity contribution in [3.05, 3.63) is 215 Å². The molecule has 0 fully saturated rings. The Hall–Kier alpha value is -7.46. The summed E-state index contributed by atoms with van der Waals surface area (Å²) in [6.07, 6.45) is 1.66. The van der Waals surface area contributed by atoms with Gasteiger partial charge >= 0.3 is 0 Å². The van der Waals surface area contributed by atoms with Gasteiger partial charge in [0.15, 0.2) is 0 Å². The van der Waals surface area contributed by atoms with Gasteiger partial charge in [-0.15, -0.1) is 0 Å². The molecule has 0 amide bonds. The van der Waals surface area contributed by atoms with E-state index in [0.29, 0.717) is 24.5 Å². The minimum absolute atomic E-state index is 0. The van der Waals surface area contributed by atoms with E-state index in [1.165, 1.54) is 72.8 Å². The van der Waals surface area contributed by atoms with Gasteiger partial charge in [-0.3, -0.25) is 24.6 Å². The Labute approximate surface area is 378 Å². The lowest BCUT2D eigenvalue weighted by molar-refractivity contribution is 0.0817. The van der Waals surface area contributed by atoms with Gasteiger partial charge in [-0.05, 0) is 166 Å². The molecular formula is C51H46F6N6O3. The second-order valence-corrected chi connectivity index (χ2v) is 14.6. The Bertz CT molecular complexity index is 2680. The van der Waals surface area contributed by atoms with E-state index in [1.807, 2.05) is 20.8 Å². The lowest BCUT2D eigenvalue weighted by Crippen LogP contribution is -2.26. The van der Waals surface area contributed by atoms with Crippen LogP contribution in [0.5, 0.6) is 0 Å². The van der Waals surface area contributed by atoms with Gasteiger partial charge < -0.3 is 16.9 Å². The number of rotatable bonds is 8. The molecule has 2 heterocycles. The summed E-state index contributed by atoms with van der Waals surface area (Å²) in [5, 5.41) is 0. The zero-order valence-electron chi connectivity index (χ0n) is 36.0. The SMILES string of the molecule is CC(N)CN.CC1CN=C(c2ccc(F)cc2)C(c2ccc(F)cc2)=N1.Cc1cnc(-c2ccc(F)cc2)c(-c2ccc(F)cc2)n1.O.O=C(C(=O)c1ccc(F)cc1)c1ccc(F)cc1. The zero-order chi connectivity index (χ0) is 47.0. The van der Waals surface area contributed by atoms with Crippen molar-refractivity contribution >= 4 is 23.0 Å². The molecule has 0 saturated carbocycles. The van der Waals surface area contributed by atoms with E-state index >= 15 is 0 Å². The third-order valence-electron chi connectivity index (χ3n) is 9.24. The third kappa shape index (κ3) is 14.8. The average molecular weight is 905 g/mol. The standard InChI is InChI=1S/C17H14F2N2.C17H12F2N2.C14H8F2O2.C3H10N2.H2O/c2*1-11-10-20-16(12-2-6-14(18)7-3-12)17(21-11)13-4-8-15(19)9-5-13;15-11-5-1-9(2-6-11)13(17)14(18)10-3-7-12(16)8-4-10;1-3(5)2-4;/h2-9,11H,10H2,1H3;2-10H,1H3;1-8H;3H,2,4-5H2,1H3;1H2. The first-order valence-electron chi connectivity index (χ1n) is 20.2. The average Bonchev–Trinajstić information content (AvgIpc) is 3.31. The Morgan fingerprint density at radius 1 is 0.561 bits per heavy atom. The first-order chi connectivity index (χ1) is 31.1. The molecular weight excluding hydrogens is 859 g/mol. The van der Waals surface area contributed by atoms with Crippen LogP contribution in [0.25, 0.3) is 22.5 Å². The molecule has 1 aromatic heterocycles. The molecule has 6 aromatic carbocycles. The van der Waals surface area contributed by atoms with E-state index < -0.39 is 23.2 Å². The number of halogens is 6. The number of carbonyl (C=O) groups is 2. The van der Waals surface area contributed by atoms with Crippen LogP contribution in [0.1, 0.15) is 51.4 Å². The second kappa shape index (κ2) is 24.6. The van der Waals surface area contributed by atoms with E-state index in [2.05, 4.69) is 20.0 Å². The Morgan fingerprint density at radius 3 is 1.24 bits per heavy atom. The Balaban J connectivity index is 0.000000205. The molecule has 1 aliphatic rings. The number of benzene rings is 6. The molecule has 0 bridgehead atoms. The van der Waals surface area contributed by atoms with E-state index in [0.717, 1.165) is 63.6 Å². The van der Waals surface area contributed by atoms with E-state index in [-0.39, 0.29) is 52.0 Å². The van der Waals surface area contributed by atoms with Crippen LogP contribution in [0.15, 0.2) is 162 Å². The van der Waals surface area contributed by atoms with Crippen LogP contribution in [0.2, 0.25) is 0 Å². The topological polar surface area (TPSA) is 168 Å². The first-order valence-corrected chi connectivity index (χ1v) is 20.2. The Morgan fingerprint density at radius 2 is 0.879 bits per heavy atom. The number of aromatic nitrogens is 2. The van der Waals surface area contributed by atoms with Gasteiger partial charge in [-0.2, -0.15) is 0 Å². The maximum atomic E-state index is 13.1. The van der Waals surface area contributed by atoms with Gasteiger partial charge in [-0.1, -0.05) is 0 Å². The number of nitrogens with zero attached hydrogens (tertiary/aromatic N) is 4. The molecule has 66 heavy (non-hydrogen) atoms. The summed E-state index contributed by atoms with van der Waals surface area (Å²) < 4.78 is 77.6. The molecule has 2 unspecified atom stereocenters. The van der Waals surface area contributed by atoms with Crippen molar-refractivity contribution in [3.63, 3.8) is 0 Å². The number of carbonyl (C=O) groups excluding carboxylic acids is 2. The summed E-state index contributed by atoms with van der Waals surface area (Å²) in [5.41, 5.74) is 17.1. The normalized spacial score (nSPS) is 13.0. The number of hydrogen-bond acceptors (Lipinski definition) is 8. The largest absolute Gasteiger partial charge is 0.412 e. The van der Waals surface area contributed by atoms with Crippen LogP contribution >= 0.6 is 0 Å². The first kappa shape index (κ1) is 51.2. The van der Waals surface area contributed by atoms with Crippen LogP contribution in [0.3, 0.4) is 0 Å². The summed E-state index contributed by atoms with van der Waals surface area (Å²) in [5.74, 6) is -3.65. The van der Waals surface area contributed by atoms with E-state index in [4.69, 9.17) is 11.5 Å². The number of aryl methyl sites for hydroxylation is 1. The second-order valence-electron chi connectivity index (χ2n) is 14.6. The predicted octanol–water partition coefficient (Wildman–Crippen LogP) is 9.54. The number of hydrogen-bond donors (Lipinski definition) is 2. The van der Waals surface area contributed by atoms with Gasteiger partial charge in [-0.25, -0.2) is 31.3 Å². The highest BCUT2D eigenvalue weighted by Gasteiger charge is 2.20. The van der Waals surface area contributed by atoms with Crippen LogP contribution in [-0.2, 0) is 0 Å². The van der Waals surface area contributed by atoms with Crippen molar-refractivity contribution in [2.75, 3.05) is 13.1 Å². The molecule has 6 N–H and O–H groups in total. The number of Topliss-reactive ketones (excluding diaryl/α,β-unsaturated/α-hetero) is 2. The predicted molar refractivity (Wildman–Crippen MR) is 246 cm³/mol. The molecule has 1 aliphatic heterocycles. The Kier molecular flexibility index (Phi) is 19.0. The van der Waals surface area contributed by atoms with Gasteiger partial charge in [0.25, 0.3) is 0 Å². The summed E-state index contributed by atoms with van der Waals surface area (Å²) >= 11 is 0. The fourth-order valence-corrected chi connectivity index (χ4v) is 5.85. The van der Waals surface area contributed by atoms with Crippen LogP contribution in [0, 0.1) is 41.8 Å². The molecule has 8 rings (SSSR count). The molecule has 0 aliphatic carbocycles. The van der Waals surface area contributed by atoms with Gasteiger partial charge in [0.2, 0.25) is 11.6 Å². The van der Waals surface area contributed by atoms with Crippen molar-refractivity contribution in [1.29, 1.82) is 0 Å². The number of ketones is 2. The molecule has 0 spiro atoms. The van der Waals surface area contributed by atoms with Gasteiger partial charge in [0, 0.05) is 52.2 Å². The van der Waals surface area contributed by atoms with E-state index in [9.17, 15) is 35.9 Å². The third-order valence-corrected chi connectivity index (χ3v) is 9.24. The van der Waals surface area contributed by atoms with Crippen LogP contribution in [-0.4, -0.2) is 63.6 Å². The van der Waals surface area contributed by atoms with E-state index in [1.54, 1.807) is 54.7 Å². The van der Waals surface area contributed by atoms with Crippen molar-refractivity contribution < 1.29 is 41.4 Å².